The van der Waals surface area contributed by atoms with Crippen molar-refractivity contribution in [2.24, 2.45) is 0 Å². The number of nitrogens with zero attached hydrogens (tertiary/aromatic N) is 2. The van der Waals surface area contributed by atoms with Gasteiger partial charge in [0.1, 0.15) is 12.2 Å². The normalized spacial score (nSPS) is 15.6. The molecule has 5 rings (SSSR count). The maximum atomic E-state index is 15.6. The van der Waals surface area contributed by atoms with Crippen molar-refractivity contribution < 1.29 is 27.8 Å². The molecule has 9 heteroatoms. The molecule has 0 spiro atoms. The number of carbonyl (C=O) groups is 1. The van der Waals surface area contributed by atoms with Gasteiger partial charge in [-0.05, 0) is 49.2 Å². The Morgan fingerprint density at radius 1 is 1.22 bits per heavy atom. The van der Waals surface area contributed by atoms with Gasteiger partial charge in [-0.25, -0.2) is 13.2 Å². The predicted octanol–water partition coefficient (Wildman–Crippen LogP) is 5.11. The van der Waals surface area contributed by atoms with E-state index in [1.807, 2.05) is 0 Å². The average molecular weight is 443 g/mol. The van der Waals surface area contributed by atoms with E-state index in [0.717, 1.165) is 5.39 Å². The van der Waals surface area contributed by atoms with Gasteiger partial charge < -0.3 is 14.4 Å². The highest BCUT2D eigenvalue weighted by molar-refractivity contribution is 5.99. The number of aliphatic carboxylic acids is 1. The molecule has 0 unspecified atom stereocenters. The molecule has 32 heavy (non-hydrogen) atoms. The number of ether oxygens (including phenoxy) is 1. The van der Waals surface area contributed by atoms with Crippen molar-refractivity contribution >= 4 is 27.8 Å². The zero-order chi connectivity index (χ0) is 22.5. The molecule has 1 saturated heterocycles. The second-order valence-electron chi connectivity index (χ2n) is 8.06. The van der Waals surface area contributed by atoms with Crippen LogP contribution < -0.4 is 0 Å². The van der Waals surface area contributed by atoms with Crippen LogP contribution in [0.3, 0.4) is 0 Å². The SMILES string of the molecule is O=C(O)CC(F)(F)c1c(C2CCOCC2)n(-c2ccc(F)cc2)c2cc3cn[nH]c3cc12. The number of aromatic amines is 1. The molecule has 2 aromatic carbocycles. The van der Waals surface area contributed by atoms with Crippen molar-refractivity contribution in [2.45, 2.75) is 31.1 Å². The fraction of sp³-hybridized carbons (Fsp3) is 0.304. The van der Waals surface area contributed by atoms with Crippen LogP contribution in [0.5, 0.6) is 0 Å². The minimum Gasteiger partial charge on any atom is -0.481 e. The van der Waals surface area contributed by atoms with Crippen LogP contribution in [0, 0.1) is 5.82 Å². The molecule has 6 nitrogen and oxygen atoms in total. The summed E-state index contributed by atoms with van der Waals surface area (Å²) in [7, 11) is 0. The van der Waals surface area contributed by atoms with Crippen LogP contribution in [0.1, 0.15) is 36.4 Å². The lowest BCUT2D eigenvalue weighted by molar-refractivity contribution is -0.145. The van der Waals surface area contributed by atoms with E-state index >= 15 is 8.78 Å². The highest BCUT2D eigenvalue weighted by Crippen LogP contribution is 2.47. The summed E-state index contributed by atoms with van der Waals surface area (Å²) < 4.78 is 51.9. The van der Waals surface area contributed by atoms with E-state index in [2.05, 4.69) is 10.2 Å². The van der Waals surface area contributed by atoms with Gasteiger partial charge in [0.25, 0.3) is 5.92 Å². The first-order valence-corrected chi connectivity index (χ1v) is 10.3. The van der Waals surface area contributed by atoms with Gasteiger partial charge >= 0.3 is 5.97 Å². The van der Waals surface area contributed by atoms with Gasteiger partial charge in [-0.1, -0.05) is 0 Å². The van der Waals surface area contributed by atoms with Crippen molar-refractivity contribution in [3.8, 4) is 5.69 Å². The molecule has 166 valence electrons. The zero-order valence-electron chi connectivity index (χ0n) is 16.9. The lowest BCUT2D eigenvalue weighted by atomic mass is 9.89. The van der Waals surface area contributed by atoms with Crippen LogP contribution in [0.25, 0.3) is 27.5 Å². The molecule has 0 atom stereocenters. The second kappa shape index (κ2) is 7.67. The summed E-state index contributed by atoms with van der Waals surface area (Å²) in [6.07, 6.45) is 1.31. The number of hydrogen-bond acceptors (Lipinski definition) is 3. The number of aromatic nitrogens is 3. The van der Waals surface area contributed by atoms with E-state index in [-0.39, 0.29) is 16.9 Å². The fourth-order valence-electron chi connectivity index (χ4n) is 4.63. The molecule has 1 aliphatic rings. The van der Waals surface area contributed by atoms with Gasteiger partial charge in [-0.3, -0.25) is 9.89 Å². The van der Waals surface area contributed by atoms with Crippen LogP contribution in [-0.2, 0) is 15.5 Å². The zero-order valence-corrected chi connectivity index (χ0v) is 16.9. The Labute approximate surface area is 180 Å². The van der Waals surface area contributed by atoms with Gasteiger partial charge in [0.2, 0.25) is 0 Å². The molecule has 0 saturated carbocycles. The Morgan fingerprint density at radius 3 is 2.62 bits per heavy atom. The largest absolute Gasteiger partial charge is 0.481 e. The van der Waals surface area contributed by atoms with Crippen LogP contribution in [0.15, 0.2) is 42.6 Å². The van der Waals surface area contributed by atoms with E-state index < -0.39 is 24.1 Å². The topological polar surface area (TPSA) is 80.1 Å². The lowest BCUT2D eigenvalue weighted by Crippen LogP contribution is -2.24. The summed E-state index contributed by atoms with van der Waals surface area (Å²) in [4.78, 5) is 11.3. The van der Waals surface area contributed by atoms with Crippen molar-refractivity contribution in [1.29, 1.82) is 0 Å². The van der Waals surface area contributed by atoms with E-state index in [4.69, 9.17) is 4.74 Å². The molecule has 1 aliphatic heterocycles. The number of carboxylic acids is 1. The standard InChI is InChI=1S/C23H20F3N3O3/c24-15-1-3-16(4-2-15)29-19-9-14-12-27-28-18(14)10-17(19)21(23(25,26)11-20(30)31)22(29)13-5-7-32-8-6-13/h1-4,9-10,12-13H,5-8,11H2,(H,27,28)(H,30,31). The van der Waals surface area contributed by atoms with E-state index in [1.165, 1.54) is 24.3 Å². The number of rotatable bonds is 5. The fourth-order valence-corrected chi connectivity index (χ4v) is 4.63. The minimum absolute atomic E-state index is 0.249. The summed E-state index contributed by atoms with van der Waals surface area (Å²) >= 11 is 0. The summed E-state index contributed by atoms with van der Waals surface area (Å²) in [5.74, 6) is -5.91. The van der Waals surface area contributed by atoms with Gasteiger partial charge in [-0.2, -0.15) is 5.10 Å². The molecular weight excluding hydrogens is 423 g/mol. The summed E-state index contributed by atoms with van der Waals surface area (Å²) in [6, 6.07) is 8.97. The van der Waals surface area contributed by atoms with E-state index in [1.54, 1.807) is 22.9 Å². The van der Waals surface area contributed by atoms with Gasteiger partial charge in [0.05, 0.1) is 22.8 Å². The Hall–Kier alpha value is -3.33. The lowest BCUT2D eigenvalue weighted by Gasteiger charge is -2.27. The van der Waals surface area contributed by atoms with Crippen LogP contribution in [0.4, 0.5) is 13.2 Å². The smallest absolute Gasteiger partial charge is 0.309 e. The molecule has 1 fully saturated rings. The van der Waals surface area contributed by atoms with Crippen LogP contribution in [-0.4, -0.2) is 39.1 Å². The molecule has 2 aromatic heterocycles. The molecule has 0 radical (unpaired) electrons. The third kappa shape index (κ3) is 3.42. The highest BCUT2D eigenvalue weighted by Gasteiger charge is 2.43. The molecule has 0 aliphatic carbocycles. The predicted molar refractivity (Wildman–Crippen MR) is 112 cm³/mol. The van der Waals surface area contributed by atoms with Crippen molar-refractivity contribution in [1.82, 2.24) is 14.8 Å². The quantitative estimate of drug-likeness (QED) is 0.449. The van der Waals surface area contributed by atoms with Gasteiger partial charge in [0.15, 0.2) is 0 Å². The maximum absolute atomic E-state index is 15.6. The number of carboxylic acid groups (broad SMARTS) is 1. The third-order valence-electron chi connectivity index (χ3n) is 6.00. The van der Waals surface area contributed by atoms with Crippen molar-refractivity contribution in [3.63, 3.8) is 0 Å². The number of hydrogen-bond donors (Lipinski definition) is 2. The van der Waals surface area contributed by atoms with Gasteiger partial charge in [-0.15, -0.1) is 0 Å². The first-order chi connectivity index (χ1) is 15.3. The molecular formula is C23H20F3N3O3. The van der Waals surface area contributed by atoms with Crippen LogP contribution >= 0.6 is 0 Å². The van der Waals surface area contributed by atoms with E-state index in [9.17, 15) is 14.3 Å². The molecule has 4 aromatic rings. The van der Waals surface area contributed by atoms with Crippen LogP contribution in [0.2, 0.25) is 0 Å². The minimum atomic E-state index is -3.61. The third-order valence-corrected chi connectivity index (χ3v) is 6.00. The number of alkyl halides is 2. The summed E-state index contributed by atoms with van der Waals surface area (Å²) in [5.41, 5.74) is 1.63. The number of nitrogens with one attached hydrogen (secondary N) is 1. The first kappa shape index (κ1) is 20.6. The first-order valence-electron chi connectivity index (χ1n) is 10.3. The van der Waals surface area contributed by atoms with Crippen molar-refractivity contribution in [3.05, 3.63) is 59.7 Å². The Bertz CT molecular complexity index is 1310. The monoisotopic (exact) mass is 443 g/mol. The number of fused-ring (bicyclic) bond motifs is 2. The van der Waals surface area contributed by atoms with E-state index in [0.29, 0.717) is 48.5 Å². The molecule has 0 amide bonds. The maximum Gasteiger partial charge on any atom is 0.309 e. The molecule has 2 N–H and O–H groups in total. The molecule has 0 bridgehead atoms. The summed E-state index contributed by atoms with van der Waals surface area (Å²) in [5, 5.41) is 17.0. The Kier molecular flexibility index (Phi) is 4.93. The van der Waals surface area contributed by atoms with Crippen molar-refractivity contribution in [2.75, 3.05) is 13.2 Å². The number of benzene rings is 2. The molecule has 3 heterocycles. The summed E-state index contributed by atoms with van der Waals surface area (Å²) in [6.45, 7) is 0.842. The second-order valence-corrected chi connectivity index (χ2v) is 8.06. The Morgan fingerprint density at radius 2 is 1.94 bits per heavy atom. The number of H-pyrrole nitrogens is 1. The Balaban J connectivity index is 1.90. The number of halogens is 3. The average Bonchev–Trinajstić information content (AvgIpc) is 3.34. The highest BCUT2D eigenvalue weighted by atomic mass is 19.3. The van der Waals surface area contributed by atoms with Gasteiger partial charge in [0, 0.05) is 41.3 Å².